The second-order valence-electron chi connectivity index (χ2n) is 2.23. The highest BCUT2D eigenvalue weighted by Crippen LogP contribution is 2.22. The third-order valence-electron chi connectivity index (χ3n) is 1.34. The second kappa shape index (κ2) is 4.76. The maximum absolute atomic E-state index is 5.79. The second-order valence-corrected chi connectivity index (χ2v) is 3.35. The van der Waals surface area contributed by atoms with Crippen LogP contribution in [-0.4, -0.2) is 5.88 Å². The topological polar surface area (TPSA) is 0 Å². The van der Waals surface area contributed by atoms with Gasteiger partial charge in [0.25, 0.3) is 0 Å². The summed E-state index contributed by atoms with van der Waals surface area (Å²) in [4.78, 5) is 0. The van der Waals surface area contributed by atoms with Crippen LogP contribution in [-0.2, 0) is 0 Å². The first-order chi connectivity index (χ1) is 5.74. The van der Waals surface area contributed by atoms with Crippen molar-refractivity contribution in [1.82, 2.24) is 0 Å². The normalized spacial score (nSPS) is 10.9. The van der Waals surface area contributed by atoms with Gasteiger partial charge in [-0.25, -0.2) is 0 Å². The molecule has 0 nitrogen and oxygen atoms in total. The van der Waals surface area contributed by atoms with Gasteiger partial charge in [0.05, 0.1) is 10.0 Å². The largest absolute Gasteiger partial charge is 0.122 e. The van der Waals surface area contributed by atoms with E-state index in [1.54, 1.807) is 12.1 Å². The molecule has 64 valence electrons. The molecule has 0 N–H and O–H groups in total. The van der Waals surface area contributed by atoms with Crippen LogP contribution in [0.4, 0.5) is 0 Å². The maximum Gasteiger partial charge on any atom is 0.0598 e. The molecule has 0 amide bonds. The molecule has 0 atom stereocenters. The van der Waals surface area contributed by atoms with E-state index in [2.05, 4.69) is 0 Å². The summed E-state index contributed by atoms with van der Waals surface area (Å²) >= 11 is 17.0. The number of hydrogen-bond acceptors (Lipinski definition) is 0. The summed E-state index contributed by atoms with van der Waals surface area (Å²) < 4.78 is 0. The Bertz CT molecular complexity index is 292. The Hall–Kier alpha value is -0.170. The van der Waals surface area contributed by atoms with Crippen molar-refractivity contribution in [2.45, 2.75) is 0 Å². The van der Waals surface area contributed by atoms with Crippen molar-refractivity contribution in [2.24, 2.45) is 0 Å². The molecule has 1 aromatic carbocycles. The third-order valence-corrected chi connectivity index (χ3v) is 2.26. The van der Waals surface area contributed by atoms with Crippen molar-refractivity contribution in [3.63, 3.8) is 0 Å². The lowest BCUT2D eigenvalue weighted by atomic mass is 10.2. The van der Waals surface area contributed by atoms with Crippen molar-refractivity contribution in [3.05, 3.63) is 39.9 Å². The first-order valence-corrected chi connectivity index (χ1v) is 4.70. The molecular weight excluding hydrogens is 214 g/mol. The number of alkyl halides is 1. The molecule has 1 rings (SSSR count). The van der Waals surface area contributed by atoms with Gasteiger partial charge in [0.2, 0.25) is 0 Å². The minimum Gasteiger partial charge on any atom is -0.122 e. The molecule has 0 saturated heterocycles. The van der Waals surface area contributed by atoms with Gasteiger partial charge in [0.1, 0.15) is 0 Å². The van der Waals surface area contributed by atoms with Gasteiger partial charge in [-0.15, -0.1) is 11.6 Å². The van der Waals surface area contributed by atoms with E-state index in [9.17, 15) is 0 Å². The molecule has 0 saturated carbocycles. The molecule has 0 bridgehead atoms. The van der Waals surface area contributed by atoms with Crippen molar-refractivity contribution in [2.75, 3.05) is 5.88 Å². The Morgan fingerprint density at radius 1 is 1.17 bits per heavy atom. The molecule has 0 unspecified atom stereocenters. The summed E-state index contributed by atoms with van der Waals surface area (Å²) in [5, 5.41) is 1.13. The highest BCUT2D eigenvalue weighted by molar-refractivity contribution is 6.42. The predicted octanol–water partition coefficient (Wildman–Crippen LogP) is 4.25. The van der Waals surface area contributed by atoms with Crippen molar-refractivity contribution in [3.8, 4) is 0 Å². The third kappa shape index (κ3) is 2.71. The summed E-state index contributed by atoms with van der Waals surface area (Å²) in [5.74, 6) is 0.500. The Labute approximate surface area is 86.7 Å². The predicted molar refractivity (Wildman–Crippen MR) is 56.2 cm³/mol. The molecule has 0 aliphatic carbocycles. The van der Waals surface area contributed by atoms with Gasteiger partial charge >= 0.3 is 0 Å². The fourth-order valence-corrected chi connectivity index (χ4v) is 1.19. The number of halogens is 3. The molecule has 0 radical (unpaired) electrons. The average molecular weight is 222 g/mol. The van der Waals surface area contributed by atoms with Crippen LogP contribution in [0.1, 0.15) is 5.56 Å². The summed E-state index contributed by atoms with van der Waals surface area (Å²) in [5.41, 5.74) is 1.00. The SMILES string of the molecule is ClCC=Cc1ccc(Cl)c(Cl)c1. The molecule has 0 spiro atoms. The quantitative estimate of drug-likeness (QED) is 0.655. The van der Waals surface area contributed by atoms with Crippen LogP contribution >= 0.6 is 34.8 Å². The lowest BCUT2D eigenvalue weighted by molar-refractivity contribution is 1.64. The lowest BCUT2D eigenvalue weighted by Gasteiger charge is -1.96. The van der Waals surface area contributed by atoms with Gasteiger partial charge in [-0.1, -0.05) is 41.4 Å². The number of allylic oxidation sites excluding steroid dienone is 1. The van der Waals surface area contributed by atoms with Gasteiger partial charge in [-0.2, -0.15) is 0 Å². The molecule has 12 heavy (non-hydrogen) atoms. The molecular formula is C9H7Cl3. The zero-order valence-electron chi connectivity index (χ0n) is 6.23. The standard InChI is InChI=1S/C9H7Cl3/c10-5-1-2-7-3-4-8(11)9(12)6-7/h1-4,6H,5H2. The Balaban J connectivity index is 2.89. The van der Waals surface area contributed by atoms with E-state index >= 15 is 0 Å². The van der Waals surface area contributed by atoms with E-state index in [4.69, 9.17) is 34.8 Å². The molecule has 1 aromatic rings. The molecule has 0 aliphatic heterocycles. The van der Waals surface area contributed by atoms with Gasteiger partial charge in [-0.3, -0.25) is 0 Å². The Morgan fingerprint density at radius 3 is 2.50 bits per heavy atom. The van der Waals surface area contributed by atoms with E-state index in [0.29, 0.717) is 15.9 Å². The van der Waals surface area contributed by atoms with Crippen LogP contribution in [0.2, 0.25) is 10.0 Å². The summed E-state index contributed by atoms with van der Waals surface area (Å²) in [7, 11) is 0. The van der Waals surface area contributed by atoms with Crippen LogP contribution in [0, 0.1) is 0 Å². The molecule has 0 heterocycles. The molecule has 3 heteroatoms. The fraction of sp³-hybridized carbons (Fsp3) is 0.111. The van der Waals surface area contributed by atoms with Crippen molar-refractivity contribution in [1.29, 1.82) is 0 Å². The Kier molecular flexibility index (Phi) is 3.93. The van der Waals surface area contributed by atoms with E-state index in [1.807, 2.05) is 18.2 Å². The van der Waals surface area contributed by atoms with Crippen molar-refractivity contribution >= 4 is 40.9 Å². The summed E-state index contributed by atoms with van der Waals surface area (Å²) in [6.07, 6.45) is 3.75. The van der Waals surface area contributed by atoms with Crippen LogP contribution in [0.3, 0.4) is 0 Å². The summed E-state index contributed by atoms with van der Waals surface area (Å²) in [6.45, 7) is 0. The number of benzene rings is 1. The minimum absolute atomic E-state index is 0.500. The van der Waals surface area contributed by atoms with Crippen LogP contribution in [0.25, 0.3) is 6.08 Å². The van der Waals surface area contributed by atoms with E-state index in [1.165, 1.54) is 0 Å². The van der Waals surface area contributed by atoms with Gasteiger partial charge in [0, 0.05) is 5.88 Å². The first kappa shape index (κ1) is 9.91. The minimum atomic E-state index is 0.500. The van der Waals surface area contributed by atoms with Gasteiger partial charge in [-0.05, 0) is 17.7 Å². The number of rotatable bonds is 2. The average Bonchev–Trinajstić information content (AvgIpc) is 2.07. The summed E-state index contributed by atoms with van der Waals surface area (Å²) in [6, 6.07) is 5.45. The maximum atomic E-state index is 5.79. The molecule has 0 aliphatic rings. The van der Waals surface area contributed by atoms with Gasteiger partial charge in [0.15, 0.2) is 0 Å². The highest BCUT2D eigenvalue weighted by atomic mass is 35.5. The lowest BCUT2D eigenvalue weighted by Crippen LogP contribution is -1.73. The smallest absolute Gasteiger partial charge is 0.0598 e. The number of hydrogen-bond donors (Lipinski definition) is 0. The molecule has 0 aromatic heterocycles. The van der Waals surface area contributed by atoms with E-state index in [0.717, 1.165) is 5.56 Å². The van der Waals surface area contributed by atoms with E-state index in [-0.39, 0.29) is 0 Å². The van der Waals surface area contributed by atoms with Crippen LogP contribution in [0.5, 0.6) is 0 Å². The monoisotopic (exact) mass is 220 g/mol. The highest BCUT2D eigenvalue weighted by Gasteiger charge is 1.95. The van der Waals surface area contributed by atoms with E-state index < -0.39 is 0 Å². The zero-order valence-corrected chi connectivity index (χ0v) is 8.50. The Morgan fingerprint density at radius 2 is 1.92 bits per heavy atom. The van der Waals surface area contributed by atoms with Crippen molar-refractivity contribution < 1.29 is 0 Å². The van der Waals surface area contributed by atoms with Gasteiger partial charge < -0.3 is 0 Å². The van der Waals surface area contributed by atoms with Crippen LogP contribution in [0.15, 0.2) is 24.3 Å². The zero-order chi connectivity index (χ0) is 8.97. The molecule has 0 fully saturated rings. The fourth-order valence-electron chi connectivity index (χ4n) is 0.797. The van der Waals surface area contributed by atoms with Crippen LogP contribution < -0.4 is 0 Å². The first-order valence-electron chi connectivity index (χ1n) is 3.41.